The fourth-order valence-corrected chi connectivity index (χ4v) is 2.19. The van der Waals surface area contributed by atoms with E-state index in [1.165, 1.54) is 6.07 Å². The lowest BCUT2D eigenvalue weighted by molar-refractivity contribution is 0.0151. The Hall–Kier alpha value is -1.04. The van der Waals surface area contributed by atoms with E-state index in [-0.39, 0.29) is 17.4 Å². The molecule has 3 nitrogen and oxygen atoms in total. The van der Waals surface area contributed by atoms with Crippen LogP contribution in [0.2, 0.25) is 0 Å². The van der Waals surface area contributed by atoms with Gasteiger partial charge in [-0.25, -0.2) is 4.39 Å². The first-order valence-corrected chi connectivity index (χ1v) is 6.81. The van der Waals surface area contributed by atoms with Gasteiger partial charge in [0.1, 0.15) is 10.8 Å². The standard InChI is InChI=1S/C14H18FNO2S/c15-13-7-11(14(16)19)1-2-12(13)9-18-8-10-3-5-17-6-4-10/h1-2,7,10H,3-6,8-9H2,(H2,16,19). The molecule has 2 N–H and O–H groups in total. The average Bonchev–Trinajstić information content (AvgIpc) is 2.41. The molecule has 1 saturated heterocycles. The van der Waals surface area contributed by atoms with Gasteiger partial charge in [-0.2, -0.15) is 0 Å². The first-order chi connectivity index (χ1) is 9.16. The smallest absolute Gasteiger partial charge is 0.129 e. The summed E-state index contributed by atoms with van der Waals surface area (Å²) in [6.45, 7) is 2.52. The van der Waals surface area contributed by atoms with Crippen LogP contribution in [-0.4, -0.2) is 24.8 Å². The van der Waals surface area contributed by atoms with E-state index in [4.69, 9.17) is 27.4 Å². The van der Waals surface area contributed by atoms with Crippen molar-refractivity contribution in [2.75, 3.05) is 19.8 Å². The minimum absolute atomic E-state index is 0.202. The predicted octanol–water partition coefficient (Wildman–Crippen LogP) is 2.40. The molecule has 0 bridgehead atoms. The molecule has 0 aromatic heterocycles. The lowest BCUT2D eigenvalue weighted by atomic mass is 10.0. The highest BCUT2D eigenvalue weighted by molar-refractivity contribution is 7.80. The Morgan fingerprint density at radius 3 is 2.79 bits per heavy atom. The first kappa shape index (κ1) is 14.4. The van der Waals surface area contributed by atoms with Gasteiger partial charge in [0, 0.05) is 24.3 Å². The summed E-state index contributed by atoms with van der Waals surface area (Å²) in [6.07, 6.45) is 2.03. The van der Waals surface area contributed by atoms with Gasteiger partial charge < -0.3 is 15.2 Å². The summed E-state index contributed by atoms with van der Waals surface area (Å²) in [5.74, 6) is 0.199. The van der Waals surface area contributed by atoms with Crippen molar-refractivity contribution in [1.82, 2.24) is 0 Å². The second-order valence-electron chi connectivity index (χ2n) is 4.74. The summed E-state index contributed by atoms with van der Waals surface area (Å²) in [4.78, 5) is 0.202. The third kappa shape index (κ3) is 4.23. The topological polar surface area (TPSA) is 44.5 Å². The van der Waals surface area contributed by atoms with Crippen LogP contribution in [-0.2, 0) is 16.1 Å². The van der Waals surface area contributed by atoms with Gasteiger partial charge in [-0.3, -0.25) is 0 Å². The van der Waals surface area contributed by atoms with E-state index in [1.807, 2.05) is 0 Å². The molecule has 0 unspecified atom stereocenters. The van der Waals surface area contributed by atoms with Gasteiger partial charge in [0.25, 0.3) is 0 Å². The highest BCUT2D eigenvalue weighted by Gasteiger charge is 2.14. The molecule has 0 aliphatic carbocycles. The predicted molar refractivity (Wildman–Crippen MR) is 75.5 cm³/mol. The number of benzene rings is 1. The van der Waals surface area contributed by atoms with Crippen LogP contribution in [0.3, 0.4) is 0 Å². The van der Waals surface area contributed by atoms with Crippen LogP contribution >= 0.6 is 12.2 Å². The molecular formula is C14H18FNO2S. The number of hydrogen-bond donors (Lipinski definition) is 1. The second kappa shape index (κ2) is 6.93. The normalized spacial score (nSPS) is 16.5. The van der Waals surface area contributed by atoms with Crippen LogP contribution in [0.1, 0.15) is 24.0 Å². The maximum Gasteiger partial charge on any atom is 0.129 e. The lowest BCUT2D eigenvalue weighted by Crippen LogP contribution is -2.20. The molecule has 19 heavy (non-hydrogen) atoms. The fraction of sp³-hybridized carbons (Fsp3) is 0.500. The van der Waals surface area contributed by atoms with Crippen LogP contribution in [0, 0.1) is 11.7 Å². The zero-order chi connectivity index (χ0) is 13.7. The van der Waals surface area contributed by atoms with E-state index in [9.17, 15) is 4.39 Å². The molecule has 0 saturated carbocycles. The highest BCUT2D eigenvalue weighted by Crippen LogP contribution is 2.17. The number of ether oxygens (including phenoxy) is 2. The van der Waals surface area contributed by atoms with Crippen molar-refractivity contribution >= 4 is 17.2 Å². The SMILES string of the molecule is NC(=S)c1ccc(COCC2CCOCC2)c(F)c1. The third-order valence-electron chi connectivity index (χ3n) is 3.29. The lowest BCUT2D eigenvalue weighted by Gasteiger charge is -2.21. The Labute approximate surface area is 117 Å². The number of hydrogen-bond acceptors (Lipinski definition) is 3. The van der Waals surface area contributed by atoms with Crippen LogP contribution in [0.15, 0.2) is 18.2 Å². The van der Waals surface area contributed by atoms with Gasteiger partial charge in [-0.05, 0) is 24.8 Å². The van der Waals surface area contributed by atoms with E-state index < -0.39 is 0 Å². The largest absolute Gasteiger partial charge is 0.389 e. The number of thiocarbonyl (C=S) groups is 1. The van der Waals surface area contributed by atoms with E-state index in [0.29, 0.717) is 23.7 Å². The minimum Gasteiger partial charge on any atom is -0.389 e. The maximum absolute atomic E-state index is 13.8. The molecule has 1 aliphatic rings. The highest BCUT2D eigenvalue weighted by atomic mass is 32.1. The van der Waals surface area contributed by atoms with Crippen LogP contribution < -0.4 is 5.73 Å². The average molecular weight is 283 g/mol. The van der Waals surface area contributed by atoms with E-state index in [1.54, 1.807) is 12.1 Å². The monoisotopic (exact) mass is 283 g/mol. The fourth-order valence-electron chi connectivity index (χ4n) is 2.07. The van der Waals surface area contributed by atoms with Gasteiger partial charge in [-0.15, -0.1) is 0 Å². The molecule has 2 rings (SSSR count). The van der Waals surface area contributed by atoms with Crippen LogP contribution in [0.25, 0.3) is 0 Å². The van der Waals surface area contributed by atoms with Crippen molar-refractivity contribution in [3.8, 4) is 0 Å². The number of nitrogens with two attached hydrogens (primary N) is 1. The van der Waals surface area contributed by atoms with Crippen molar-refractivity contribution < 1.29 is 13.9 Å². The Morgan fingerprint density at radius 2 is 2.16 bits per heavy atom. The summed E-state index contributed by atoms with van der Waals surface area (Å²) in [5, 5.41) is 0. The summed E-state index contributed by atoms with van der Waals surface area (Å²) in [5.41, 5.74) is 6.53. The molecule has 1 fully saturated rings. The van der Waals surface area contributed by atoms with E-state index in [2.05, 4.69) is 0 Å². The molecule has 5 heteroatoms. The van der Waals surface area contributed by atoms with Crippen molar-refractivity contribution in [2.24, 2.45) is 11.7 Å². The molecule has 1 aromatic carbocycles. The molecule has 0 atom stereocenters. The van der Waals surface area contributed by atoms with Gasteiger partial charge in [0.2, 0.25) is 0 Å². The molecule has 0 spiro atoms. The molecule has 1 aromatic rings. The molecular weight excluding hydrogens is 265 g/mol. The minimum atomic E-state index is -0.322. The first-order valence-electron chi connectivity index (χ1n) is 6.40. The summed E-state index contributed by atoms with van der Waals surface area (Å²) in [7, 11) is 0. The van der Waals surface area contributed by atoms with Crippen molar-refractivity contribution in [3.05, 3.63) is 35.1 Å². The Bertz CT molecular complexity index is 447. The van der Waals surface area contributed by atoms with E-state index in [0.717, 1.165) is 26.1 Å². The summed E-state index contributed by atoms with van der Waals surface area (Å²) < 4.78 is 24.6. The summed E-state index contributed by atoms with van der Waals surface area (Å²) in [6, 6.07) is 4.75. The molecule has 1 heterocycles. The van der Waals surface area contributed by atoms with Crippen molar-refractivity contribution in [2.45, 2.75) is 19.4 Å². The van der Waals surface area contributed by atoms with Gasteiger partial charge in [-0.1, -0.05) is 24.4 Å². The molecule has 1 aliphatic heterocycles. The Morgan fingerprint density at radius 1 is 1.42 bits per heavy atom. The second-order valence-corrected chi connectivity index (χ2v) is 5.18. The molecule has 0 amide bonds. The Kier molecular flexibility index (Phi) is 5.24. The quantitative estimate of drug-likeness (QED) is 0.843. The number of rotatable bonds is 5. The zero-order valence-electron chi connectivity index (χ0n) is 10.7. The maximum atomic E-state index is 13.8. The van der Waals surface area contributed by atoms with Gasteiger partial charge in [0.05, 0.1) is 13.2 Å². The van der Waals surface area contributed by atoms with Crippen molar-refractivity contribution in [3.63, 3.8) is 0 Å². The van der Waals surface area contributed by atoms with Crippen molar-refractivity contribution in [1.29, 1.82) is 0 Å². The Balaban J connectivity index is 1.83. The molecule has 104 valence electrons. The van der Waals surface area contributed by atoms with Crippen LogP contribution in [0.5, 0.6) is 0 Å². The zero-order valence-corrected chi connectivity index (χ0v) is 11.5. The molecule has 0 radical (unpaired) electrons. The van der Waals surface area contributed by atoms with Gasteiger partial charge in [0.15, 0.2) is 0 Å². The van der Waals surface area contributed by atoms with E-state index >= 15 is 0 Å². The third-order valence-corrected chi connectivity index (χ3v) is 3.53. The van der Waals surface area contributed by atoms with Gasteiger partial charge >= 0.3 is 0 Å². The summed E-state index contributed by atoms with van der Waals surface area (Å²) >= 11 is 4.81. The van der Waals surface area contributed by atoms with Crippen LogP contribution in [0.4, 0.5) is 4.39 Å². The number of halogens is 1.